The van der Waals surface area contributed by atoms with E-state index in [4.69, 9.17) is 9.90 Å². The number of halogens is 4. The molecule has 0 atom stereocenters. The fourth-order valence-corrected chi connectivity index (χ4v) is 3.30. The van der Waals surface area contributed by atoms with Gasteiger partial charge in [-0.25, -0.2) is 9.07 Å². The number of carboxylic acid groups (broad SMARTS) is 1. The summed E-state index contributed by atoms with van der Waals surface area (Å²) in [6, 6.07) is 10.8. The number of aromatic nitrogens is 2. The number of hydrogen-bond acceptors (Lipinski definition) is 4. The molecule has 1 aromatic heterocycles. The van der Waals surface area contributed by atoms with Gasteiger partial charge in [0.15, 0.2) is 0 Å². The summed E-state index contributed by atoms with van der Waals surface area (Å²) in [6.07, 6.45) is -4.54. The molecule has 2 heterocycles. The van der Waals surface area contributed by atoms with Gasteiger partial charge in [0.1, 0.15) is 17.5 Å². The first kappa shape index (κ1) is 23.2. The van der Waals surface area contributed by atoms with Crippen LogP contribution in [0, 0.1) is 5.82 Å². The molecule has 0 unspecified atom stereocenters. The average molecular weight is 452 g/mol. The molecule has 2 aromatic carbocycles. The second kappa shape index (κ2) is 8.23. The molecule has 1 aliphatic rings. The second-order valence-electron chi connectivity index (χ2n) is 8.03. The summed E-state index contributed by atoms with van der Waals surface area (Å²) in [7, 11) is 6.33. The zero-order chi connectivity index (χ0) is 23.8. The Balaban J connectivity index is 0.000000360. The molecule has 0 spiro atoms. The molecular weight excluding hydrogens is 432 g/mol. The van der Waals surface area contributed by atoms with Crippen molar-refractivity contribution in [1.29, 1.82) is 0 Å². The quantitative estimate of drug-likeness (QED) is 0.476. The molecule has 1 aliphatic heterocycles. The number of carbonyl (C=O) groups excluding carboxylic acids is 2. The number of nitrogens with one attached hydrogen (secondary N) is 1. The highest BCUT2D eigenvalue weighted by Gasteiger charge is 2.29. The highest BCUT2D eigenvalue weighted by atomic mass is 19.4. The van der Waals surface area contributed by atoms with Crippen molar-refractivity contribution >= 4 is 28.5 Å². The Morgan fingerprint density at radius 1 is 1.16 bits per heavy atom. The lowest BCUT2D eigenvalue weighted by molar-refractivity contribution is -0.344. The van der Waals surface area contributed by atoms with E-state index >= 15 is 0 Å². The maximum Gasteiger partial charge on any atom is 0.430 e. The Hall–Kier alpha value is -3.47. The van der Waals surface area contributed by atoms with Gasteiger partial charge in [-0.2, -0.15) is 18.3 Å². The van der Waals surface area contributed by atoms with E-state index in [0.29, 0.717) is 24.0 Å². The van der Waals surface area contributed by atoms with Gasteiger partial charge in [0.05, 0.1) is 43.6 Å². The van der Waals surface area contributed by atoms with Gasteiger partial charge < -0.3 is 15.2 Å². The van der Waals surface area contributed by atoms with Crippen molar-refractivity contribution in [2.24, 2.45) is 0 Å². The van der Waals surface area contributed by atoms with Gasteiger partial charge in [0, 0.05) is 36.6 Å². The predicted molar refractivity (Wildman–Crippen MR) is 108 cm³/mol. The third-order valence-electron chi connectivity index (χ3n) is 4.83. The van der Waals surface area contributed by atoms with Crippen molar-refractivity contribution in [2.75, 3.05) is 27.7 Å². The molecule has 1 N–H and O–H groups in total. The molecule has 0 aliphatic carbocycles. The number of amides is 1. The molecule has 0 fully saturated rings. The Labute approximate surface area is 180 Å². The Bertz CT molecular complexity index is 1180. The minimum atomic E-state index is -5.19. The van der Waals surface area contributed by atoms with Gasteiger partial charge in [-0.15, -0.1) is 0 Å². The van der Waals surface area contributed by atoms with E-state index in [0.717, 1.165) is 21.3 Å². The monoisotopic (exact) mass is 452 g/mol. The zero-order valence-corrected chi connectivity index (χ0v) is 17.5. The van der Waals surface area contributed by atoms with E-state index in [2.05, 4.69) is 43.7 Å². The first-order valence-electron chi connectivity index (χ1n) is 9.49. The molecular formula is C21H20F4N4O3. The first-order chi connectivity index (χ1) is 14.8. The molecule has 1 amide bonds. The van der Waals surface area contributed by atoms with Crippen LogP contribution in [-0.2, 0) is 11.2 Å². The van der Waals surface area contributed by atoms with Crippen molar-refractivity contribution < 1.29 is 32.3 Å². The van der Waals surface area contributed by atoms with Crippen LogP contribution < -0.4 is 14.9 Å². The SMILES string of the molecule is C[N+](C)(C)c1ccc(-n2nc3cc(F)cc4c3c2CCNC4=O)cc1.O=C([O-])C(F)(F)F. The van der Waals surface area contributed by atoms with Crippen molar-refractivity contribution in [3.05, 3.63) is 53.5 Å². The molecule has 7 nitrogen and oxygen atoms in total. The van der Waals surface area contributed by atoms with Crippen molar-refractivity contribution in [3.8, 4) is 5.69 Å². The fourth-order valence-electron chi connectivity index (χ4n) is 3.30. The smallest absolute Gasteiger partial charge is 0.430 e. The Kier molecular flexibility index (Phi) is 5.96. The molecule has 11 heteroatoms. The van der Waals surface area contributed by atoms with Gasteiger partial charge in [-0.3, -0.25) is 9.28 Å². The number of alkyl halides is 3. The normalized spacial score (nSPS) is 13.8. The Morgan fingerprint density at radius 3 is 2.28 bits per heavy atom. The largest absolute Gasteiger partial charge is 0.542 e. The van der Waals surface area contributed by atoms with Crippen LogP contribution >= 0.6 is 0 Å². The van der Waals surface area contributed by atoms with Crippen molar-refractivity contribution in [3.63, 3.8) is 0 Å². The van der Waals surface area contributed by atoms with Crippen LogP contribution in [-0.4, -0.2) is 55.5 Å². The van der Waals surface area contributed by atoms with Crippen LogP contribution in [0.1, 0.15) is 16.1 Å². The van der Waals surface area contributed by atoms with Crippen LogP contribution in [0.3, 0.4) is 0 Å². The molecule has 0 bridgehead atoms. The number of carbonyl (C=O) groups is 2. The van der Waals surface area contributed by atoms with E-state index in [-0.39, 0.29) is 5.91 Å². The zero-order valence-electron chi connectivity index (χ0n) is 17.5. The number of hydrogen-bond donors (Lipinski definition) is 1. The van der Waals surface area contributed by atoms with Gasteiger partial charge in [-0.05, 0) is 18.2 Å². The van der Waals surface area contributed by atoms with Crippen molar-refractivity contribution in [2.45, 2.75) is 12.6 Å². The van der Waals surface area contributed by atoms with Crippen molar-refractivity contribution in [1.82, 2.24) is 19.6 Å². The van der Waals surface area contributed by atoms with E-state index in [1.54, 1.807) is 0 Å². The third-order valence-corrected chi connectivity index (χ3v) is 4.83. The van der Waals surface area contributed by atoms with Gasteiger partial charge in [0.25, 0.3) is 5.91 Å². The molecule has 0 saturated heterocycles. The maximum absolute atomic E-state index is 13.9. The molecule has 0 radical (unpaired) electrons. The van der Waals surface area contributed by atoms with Crippen LogP contribution in [0.2, 0.25) is 0 Å². The van der Waals surface area contributed by atoms with Crippen LogP contribution in [0.5, 0.6) is 0 Å². The predicted octanol–water partition coefficient (Wildman–Crippen LogP) is 1.95. The van der Waals surface area contributed by atoms with Gasteiger partial charge in [0.2, 0.25) is 0 Å². The van der Waals surface area contributed by atoms with Gasteiger partial charge >= 0.3 is 6.18 Å². The molecule has 3 aromatic rings. The maximum atomic E-state index is 13.9. The summed E-state index contributed by atoms with van der Waals surface area (Å²) in [5, 5.41) is 16.9. The van der Waals surface area contributed by atoms with E-state index in [9.17, 15) is 22.4 Å². The number of benzene rings is 2. The minimum absolute atomic E-state index is 0.247. The molecule has 0 saturated carbocycles. The second-order valence-corrected chi connectivity index (χ2v) is 8.03. The average Bonchev–Trinajstić information content (AvgIpc) is 2.95. The lowest BCUT2D eigenvalue weighted by atomic mass is 10.1. The van der Waals surface area contributed by atoms with Gasteiger partial charge in [-0.1, -0.05) is 0 Å². The van der Waals surface area contributed by atoms with E-state index < -0.39 is 18.0 Å². The number of quaternary nitrogens is 1. The standard InChI is InChI=1S/C19H19FN4O.C2HF3O2/c1-24(2,3)14-6-4-13(5-7-14)23-17-8-9-21-19(25)15-10-12(20)11-16(22-23)18(15)17;3-2(4,5)1(6)7/h4-7,10-11H,8-9H2,1-3H3;(H,6,7). The first-order valence-corrected chi connectivity index (χ1v) is 9.49. The number of carboxylic acids is 1. The van der Waals surface area contributed by atoms with Crippen LogP contribution in [0.4, 0.5) is 23.2 Å². The summed E-state index contributed by atoms with van der Waals surface area (Å²) in [5.74, 6) is -3.70. The van der Waals surface area contributed by atoms with Crippen LogP contribution in [0.15, 0.2) is 36.4 Å². The topological polar surface area (TPSA) is 87.0 Å². The molecule has 4 rings (SSSR count). The fraction of sp³-hybridized carbons (Fsp3) is 0.286. The molecule has 170 valence electrons. The van der Waals surface area contributed by atoms with E-state index in [1.165, 1.54) is 17.8 Å². The Morgan fingerprint density at radius 2 is 1.75 bits per heavy atom. The van der Waals surface area contributed by atoms with Crippen LogP contribution in [0.25, 0.3) is 16.6 Å². The number of nitrogens with zero attached hydrogens (tertiary/aromatic N) is 3. The number of rotatable bonds is 2. The minimum Gasteiger partial charge on any atom is -0.542 e. The summed E-state index contributed by atoms with van der Waals surface area (Å²) in [6.45, 7) is 0.507. The highest BCUT2D eigenvalue weighted by molar-refractivity contribution is 6.08. The molecule has 32 heavy (non-hydrogen) atoms. The summed E-state index contributed by atoms with van der Waals surface area (Å²) in [4.78, 5) is 21.0. The van der Waals surface area contributed by atoms with E-state index in [1.807, 2.05) is 16.8 Å². The summed E-state index contributed by atoms with van der Waals surface area (Å²) in [5.41, 5.74) is 3.88. The summed E-state index contributed by atoms with van der Waals surface area (Å²) < 4.78 is 48.0. The highest BCUT2D eigenvalue weighted by Crippen LogP contribution is 2.29. The number of aliphatic carboxylic acids is 1. The summed E-state index contributed by atoms with van der Waals surface area (Å²) >= 11 is 0. The lowest BCUT2D eigenvalue weighted by Crippen LogP contribution is -2.37. The lowest BCUT2D eigenvalue weighted by Gasteiger charge is -2.23. The third kappa shape index (κ3) is 4.72.